The summed E-state index contributed by atoms with van der Waals surface area (Å²) < 4.78 is 0. The molecule has 4 rings (SSSR count). The standard InChI is InChI=1S/C20H24N6O2/c1-14-12-15(2)22-20(21-14)23-26-18(27)13-17(19(26)28)25-10-8-24(9-11-25)16-6-4-3-5-7-16/h3-7,12,17H,8-11,13H2,1-2H3,(H,21,22,23)/p+1/t17-/m1/s1. The van der Waals surface area contributed by atoms with E-state index in [0.717, 1.165) is 47.5 Å². The number of hydrogen-bond donors (Lipinski definition) is 2. The highest BCUT2D eigenvalue weighted by Crippen LogP contribution is 2.15. The number of aryl methyl sites for hydroxylation is 2. The van der Waals surface area contributed by atoms with Gasteiger partial charge in [-0.05, 0) is 32.0 Å². The number of quaternary nitrogens is 1. The van der Waals surface area contributed by atoms with Crippen molar-refractivity contribution in [2.45, 2.75) is 26.3 Å². The summed E-state index contributed by atoms with van der Waals surface area (Å²) in [5.74, 6) is -0.143. The lowest BCUT2D eigenvalue weighted by molar-refractivity contribution is -0.915. The van der Waals surface area contributed by atoms with Gasteiger partial charge in [0.15, 0.2) is 6.04 Å². The molecule has 0 spiro atoms. The summed E-state index contributed by atoms with van der Waals surface area (Å²) in [6.07, 6.45) is 0.220. The Bertz CT molecular complexity index is 859. The van der Waals surface area contributed by atoms with Crippen LogP contribution in [0.15, 0.2) is 36.4 Å². The van der Waals surface area contributed by atoms with Gasteiger partial charge >= 0.3 is 5.91 Å². The molecule has 2 saturated heterocycles. The molecule has 146 valence electrons. The van der Waals surface area contributed by atoms with Crippen molar-refractivity contribution in [3.63, 3.8) is 0 Å². The highest BCUT2D eigenvalue weighted by molar-refractivity contribution is 6.05. The molecule has 3 heterocycles. The quantitative estimate of drug-likeness (QED) is 0.723. The second-order valence-electron chi connectivity index (χ2n) is 7.39. The van der Waals surface area contributed by atoms with E-state index in [9.17, 15) is 9.59 Å². The maximum atomic E-state index is 12.9. The summed E-state index contributed by atoms with van der Waals surface area (Å²) in [4.78, 5) is 37.4. The van der Waals surface area contributed by atoms with Crippen LogP contribution in [0.5, 0.6) is 0 Å². The van der Waals surface area contributed by atoms with E-state index in [1.165, 1.54) is 5.69 Å². The third-order valence-corrected chi connectivity index (χ3v) is 5.36. The van der Waals surface area contributed by atoms with Crippen LogP contribution in [0, 0.1) is 13.8 Å². The molecule has 8 heteroatoms. The summed E-state index contributed by atoms with van der Waals surface area (Å²) >= 11 is 0. The van der Waals surface area contributed by atoms with Gasteiger partial charge in [0.1, 0.15) is 0 Å². The Balaban J connectivity index is 1.40. The third-order valence-electron chi connectivity index (χ3n) is 5.36. The molecule has 1 aromatic carbocycles. The number of amides is 2. The van der Waals surface area contributed by atoms with Crippen LogP contribution < -0.4 is 15.2 Å². The fourth-order valence-electron chi connectivity index (χ4n) is 3.98. The van der Waals surface area contributed by atoms with Crippen LogP contribution in [0.3, 0.4) is 0 Å². The maximum Gasteiger partial charge on any atom is 0.306 e. The maximum absolute atomic E-state index is 12.9. The number of carbonyl (C=O) groups excluding carboxylic acids is 2. The van der Waals surface area contributed by atoms with Crippen LogP contribution in [-0.4, -0.2) is 59.0 Å². The summed E-state index contributed by atoms with van der Waals surface area (Å²) in [5.41, 5.74) is 5.58. The molecule has 2 aliphatic rings. The molecule has 0 bridgehead atoms. The number of rotatable bonds is 4. The van der Waals surface area contributed by atoms with Gasteiger partial charge in [0.2, 0.25) is 5.95 Å². The Labute approximate surface area is 164 Å². The molecular formula is C20H25N6O2+. The number of nitrogens with one attached hydrogen (secondary N) is 2. The molecule has 1 atom stereocenters. The lowest BCUT2D eigenvalue weighted by Crippen LogP contribution is -3.19. The van der Waals surface area contributed by atoms with E-state index >= 15 is 0 Å². The first-order valence-corrected chi connectivity index (χ1v) is 9.61. The number of hydrazine groups is 1. The number of para-hydroxylation sites is 1. The molecule has 0 unspecified atom stereocenters. The van der Waals surface area contributed by atoms with E-state index in [0.29, 0.717) is 0 Å². The summed E-state index contributed by atoms with van der Waals surface area (Å²) in [5, 5.41) is 1.09. The summed E-state index contributed by atoms with van der Waals surface area (Å²) in [6, 6.07) is 11.8. The molecular weight excluding hydrogens is 356 g/mol. The zero-order valence-electron chi connectivity index (χ0n) is 16.2. The smallest absolute Gasteiger partial charge is 0.306 e. The minimum Gasteiger partial charge on any atom is -0.360 e. The van der Waals surface area contributed by atoms with Crippen LogP contribution in [0.25, 0.3) is 0 Å². The largest absolute Gasteiger partial charge is 0.360 e. The van der Waals surface area contributed by atoms with Gasteiger partial charge in [0.05, 0.1) is 32.6 Å². The zero-order chi connectivity index (χ0) is 19.7. The fourth-order valence-corrected chi connectivity index (χ4v) is 3.98. The van der Waals surface area contributed by atoms with E-state index in [2.05, 4.69) is 32.4 Å². The van der Waals surface area contributed by atoms with Gasteiger partial charge in [0, 0.05) is 17.1 Å². The van der Waals surface area contributed by atoms with Gasteiger partial charge in [-0.15, -0.1) is 0 Å². The van der Waals surface area contributed by atoms with E-state index in [1.807, 2.05) is 38.1 Å². The van der Waals surface area contributed by atoms with Crippen molar-refractivity contribution in [2.75, 3.05) is 36.5 Å². The number of aromatic nitrogens is 2. The monoisotopic (exact) mass is 381 g/mol. The molecule has 2 N–H and O–H groups in total. The zero-order valence-corrected chi connectivity index (χ0v) is 16.2. The average Bonchev–Trinajstić information content (AvgIpc) is 2.96. The van der Waals surface area contributed by atoms with E-state index in [4.69, 9.17) is 0 Å². The first-order valence-electron chi connectivity index (χ1n) is 9.61. The molecule has 2 fully saturated rings. The first kappa shape index (κ1) is 18.4. The molecule has 1 aromatic heterocycles. The lowest BCUT2D eigenvalue weighted by Gasteiger charge is -2.35. The number of benzene rings is 1. The molecule has 0 aliphatic carbocycles. The summed E-state index contributed by atoms with van der Waals surface area (Å²) in [6.45, 7) is 7.09. The molecule has 2 aliphatic heterocycles. The second-order valence-corrected chi connectivity index (χ2v) is 7.39. The van der Waals surface area contributed by atoms with E-state index < -0.39 is 0 Å². The van der Waals surface area contributed by atoms with Gasteiger partial charge in [-0.25, -0.2) is 9.97 Å². The Morgan fingerprint density at radius 3 is 2.32 bits per heavy atom. The topological polar surface area (TPSA) is 82.9 Å². The summed E-state index contributed by atoms with van der Waals surface area (Å²) in [7, 11) is 0. The molecule has 0 radical (unpaired) electrons. The Hall–Kier alpha value is -3.00. The highest BCUT2D eigenvalue weighted by Gasteiger charge is 2.46. The lowest BCUT2D eigenvalue weighted by atomic mass is 10.1. The number of nitrogens with zero attached hydrogens (tertiary/aromatic N) is 4. The fraction of sp³-hybridized carbons (Fsp3) is 0.400. The van der Waals surface area contributed by atoms with Crippen LogP contribution in [0.4, 0.5) is 11.6 Å². The van der Waals surface area contributed by atoms with Crippen molar-refractivity contribution in [1.29, 1.82) is 0 Å². The van der Waals surface area contributed by atoms with Crippen LogP contribution in [-0.2, 0) is 9.59 Å². The van der Waals surface area contributed by atoms with Crippen molar-refractivity contribution >= 4 is 23.5 Å². The first-order chi connectivity index (χ1) is 13.5. The molecule has 28 heavy (non-hydrogen) atoms. The van der Waals surface area contributed by atoms with Gasteiger partial charge in [-0.3, -0.25) is 15.0 Å². The second kappa shape index (κ2) is 7.55. The van der Waals surface area contributed by atoms with Gasteiger partial charge < -0.3 is 9.80 Å². The van der Waals surface area contributed by atoms with E-state index in [1.54, 1.807) is 0 Å². The van der Waals surface area contributed by atoms with Gasteiger partial charge in [-0.1, -0.05) is 18.2 Å². The van der Waals surface area contributed by atoms with Crippen molar-refractivity contribution in [2.24, 2.45) is 0 Å². The Kier molecular flexibility index (Phi) is 4.95. The number of piperazine rings is 1. The van der Waals surface area contributed by atoms with Crippen LogP contribution in [0.2, 0.25) is 0 Å². The van der Waals surface area contributed by atoms with Gasteiger partial charge in [-0.2, -0.15) is 5.01 Å². The third kappa shape index (κ3) is 3.68. The van der Waals surface area contributed by atoms with Crippen LogP contribution >= 0.6 is 0 Å². The highest BCUT2D eigenvalue weighted by atomic mass is 16.2. The van der Waals surface area contributed by atoms with Crippen molar-refractivity contribution in [3.05, 3.63) is 47.8 Å². The number of hydrogen-bond acceptors (Lipinski definition) is 6. The number of imide groups is 1. The minimum absolute atomic E-state index is 0.198. The number of anilines is 2. The van der Waals surface area contributed by atoms with Crippen molar-refractivity contribution in [1.82, 2.24) is 15.0 Å². The molecule has 0 saturated carbocycles. The predicted molar refractivity (Wildman–Crippen MR) is 105 cm³/mol. The Morgan fingerprint density at radius 1 is 1.04 bits per heavy atom. The minimum atomic E-state index is -0.344. The normalized spacial score (nSPS) is 20.7. The average molecular weight is 381 g/mol. The Morgan fingerprint density at radius 2 is 1.68 bits per heavy atom. The van der Waals surface area contributed by atoms with Gasteiger partial charge in [0.25, 0.3) is 5.91 Å². The molecule has 8 nitrogen and oxygen atoms in total. The van der Waals surface area contributed by atoms with E-state index in [-0.39, 0.29) is 30.2 Å². The number of carbonyl (C=O) groups is 2. The van der Waals surface area contributed by atoms with Crippen LogP contribution in [0.1, 0.15) is 17.8 Å². The SMILES string of the molecule is Cc1cc(C)nc(NN2C(=O)C[C@@H]([NH+]3CCN(c4ccccc4)CC3)C2=O)n1. The molecule has 2 aromatic rings. The molecule has 2 amide bonds. The predicted octanol–water partition coefficient (Wildman–Crippen LogP) is -0.0471. The van der Waals surface area contributed by atoms with Crippen molar-refractivity contribution in [3.8, 4) is 0 Å². The van der Waals surface area contributed by atoms with Crippen molar-refractivity contribution < 1.29 is 14.5 Å².